The number of benzene rings is 2. The number of nitrogens with one attached hydrogen (secondary N) is 1. The van der Waals surface area contributed by atoms with Gasteiger partial charge in [-0.3, -0.25) is 0 Å². The summed E-state index contributed by atoms with van der Waals surface area (Å²) in [6.07, 6.45) is 1.15. The Morgan fingerprint density at radius 1 is 1.04 bits per heavy atom. The lowest BCUT2D eigenvalue weighted by Gasteiger charge is -1.98. The van der Waals surface area contributed by atoms with Crippen molar-refractivity contribution in [2.45, 2.75) is 11.8 Å². The molecule has 23 heavy (non-hydrogen) atoms. The average molecular weight is 329 g/mol. The van der Waals surface area contributed by atoms with Gasteiger partial charge in [-0.2, -0.15) is 5.11 Å². The normalized spacial score (nSPS) is 12.3. The van der Waals surface area contributed by atoms with Crippen molar-refractivity contribution >= 4 is 32.1 Å². The van der Waals surface area contributed by atoms with Crippen LogP contribution in [0.4, 0.5) is 11.4 Å². The Balaban J connectivity index is 1.97. The Hall–Kier alpha value is -2.67. The van der Waals surface area contributed by atoms with E-state index in [1.807, 2.05) is 25.1 Å². The first-order valence-electron chi connectivity index (χ1n) is 6.88. The third kappa shape index (κ3) is 2.95. The van der Waals surface area contributed by atoms with Crippen molar-refractivity contribution in [3.8, 4) is 5.88 Å². The summed E-state index contributed by atoms with van der Waals surface area (Å²) in [6.45, 7) is 1.93. The van der Waals surface area contributed by atoms with Crippen molar-refractivity contribution < 1.29 is 13.5 Å². The van der Waals surface area contributed by atoms with Crippen molar-refractivity contribution in [3.63, 3.8) is 0 Å². The Kier molecular flexibility index (Phi) is 3.65. The number of azo groups is 1. The van der Waals surface area contributed by atoms with E-state index in [1.165, 1.54) is 12.1 Å². The molecule has 0 aliphatic carbocycles. The number of para-hydroxylation sites is 1. The average Bonchev–Trinajstić information content (AvgIpc) is 2.82. The minimum Gasteiger partial charge on any atom is -0.493 e. The molecule has 0 unspecified atom stereocenters. The van der Waals surface area contributed by atoms with Crippen LogP contribution in [-0.4, -0.2) is 24.8 Å². The second kappa shape index (κ2) is 5.51. The van der Waals surface area contributed by atoms with E-state index in [9.17, 15) is 13.5 Å². The van der Waals surface area contributed by atoms with E-state index in [0.717, 1.165) is 22.7 Å². The fourth-order valence-corrected chi connectivity index (χ4v) is 2.94. The molecule has 0 bridgehead atoms. The molecule has 3 aromatic rings. The summed E-state index contributed by atoms with van der Waals surface area (Å²) in [5.74, 6) is -0.0502. The number of aromatic hydroxyl groups is 1. The molecule has 0 saturated carbocycles. The van der Waals surface area contributed by atoms with Gasteiger partial charge in [-0.15, -0.1) is 5.11 Å². The Labute approximate surface area is 133 Å². The van der Waals surface area contributed by atoms with E-state index >= 15 is 0 Å². The predicted octanol–water partition coefficient (Wildman–Crippen LogP) is 4.00. The first-order valence-corrected chi connectivity index (χ1v) is 8.77. The summed E-state index contributed by atoms with van der Waals surface area (Å²) in [4.78, 5) is 3.11. The summed E-state index contributed by atoms with van der Waals surface area (Å²) >= 11 is 0. The van der Waals surface area contributed by atoms with Crippen LogP contribution >= 0.6 is 0 Å². The highest BCUT2D eigenvalue weighted by Crippen LogP contribution is 2.37. The molecule has 0 radical (unpaired) electrons. The smallest absolute Gasteiger partial charge is 0.218 e. The lowest BCUT2D eigenvalue weighted by Crippen LogP contribution is -1.95. The van der Waals surface area contributed by atoms with Crippen LogP contribution in [0.2, 0.25) is 0 Å². The molecule has 118 valence electrons. The molecule has 0 fully saturated rings. The highest BCUT2D eigenvalue weighted by Gasteiger charge is 2.11. The SMILES string of the molecule is Cc1cccc2c(N=Nc3ccc(S(C)(=O)=O)cc3)c(O)[nH]c12. The number of hydrogen-bond donors (Lipinski definition) is 2. The molecular formula is C16H15N3O3S. The molecule has 0 aliphatic rings. The van der Waals surface area contributed by atoms with Crippen LogP contribution in [0.3, 0.4) is 0 Å². The second-order valence-corrected chi connectivity index (χ2v) is 7.30. The maximum Gasteiger partial charge on any atom is 0.218 e. The summed E-state index contributed by atoms with van der Waals surface area (Å²) in [6, 6.07) is 11.7. The van der Waals surface area contributed by atoms with Gasteiger partial charge in [-0.1, -0.05) is 18.2 Å². The number of aryl methyl sites for hydroxylation is 1. The van der Waals surface area contributed by atoms with Gasteiger partial charge in [0, 0.05) is 11.6 Å². The van der Waals surface area contributed by atoms with Crippen LogP contribution in [0.15, 0.2) is 57.6 Å². The van der Waals surface area contributed by atoms with Crippen LogP contribution in [-0.2, 0) is 9.84 Å². The third-order valence-corrected chi connectivity index (χ3v) is 4.65. The molecule has 0 spiro atoms. The first kappa shape index (κ1) is 15.2. The molecular weight excluding hydrogens is 314 g/mol. The Bertz CT molecular complexity index is 1000. The van der Waals surface area contributed by atoms with Crippen LogP contribution < -0.4 is 0 Å². The molecule has 2 N–H and O–H groups in total. The zero-order chi connectivity index (χ0) is 16.6. The van der Waals surface area contributed by atoms with Crippen molar-refractivity contribution in [2.24, 2.45) is 10.2 Å². The molecule has 0 atom stereocenters. The van der Waals surface area contributed by atoms with Crippen LogP contribution in [0.5, 0.6) is 5.88 Å². The number of hydrogen-bond acceptors (Lipinski definition) is 5. The third-order valence-electron chi connectivity index (χ3n) is 3.53. The van der Waals surface area contributed by atoms with Gasteiger partial charge in [0.2, 0.25) is 5.88 Å². The number of fused-ring (bicyclic) bond motifs is 1. The molecule has 0 aliphatic heterocycles. The quantitative estimate of drug-likeness (QED) is 0.711. The minimum absolute atomic E-state index is 0.0502. The molecule has 1 aromatic heterocycles. The number of aromatic amines is 1. The van der Waals surface area contributed by atoms with Gasteiger partial charge in [-0.05, 0) is 36.8 Å². The number of aromatic nitrogens is 1. The fourth-order valence-electron chi connectivity index (χ4n) is 2.31. The van der Waals surface area contributed by atoms with Crippen LogP contribution in [0.25, 0.3) is 10.9 Å². The van der Waals surface area contributed by atoms with Crippen LogP contribution in [0, 0.1) is 6.92 Å². The maximum absolute atomic E-state index is 11.4. The summed E-state index contributed by atoms with van der Waals surface area (Å²) in [7, 11) is -3.24. The van der Waals surface area contributed by atoms with Crippen molar-refractivity contribution in [1.82, 2.24) is 4.98 Å². The zero-order valence-corrected chi connectivity index (χ0v) is 13.4. The zero-order valence-electron chi connectivity index (χ0n) is 12.6. The molecule has 6 nitrogen and oxygen atoms in total. The largest absolute Gasteiger partial charge is 0.493 e. The molecule has 0 amide bonds. The first-order chi connectivity index (χ1) is 10.9. The maximum atomic E-state index is 11.4. The lowest BCUT2D eigenvalue weighted by atomic mass is 10.1. The van der Waals surface area contributed by atoms with Gasteiger partial charge in [-0.25, -0.2) is 8.42 Å². The van der Waals surface area contributed by atoms with Gasteiger partial charge in [0.05, 0.1) is 16.1 Å². The number of H-pyrrole nitrogens is 1. The van der Waals surface area contributed by atoms with Crippen LogP contribution in [0.1, 0.15) is 5.56 Å². The van der Waals surface area contributed by atoms with Gasteiger partial charge in [0.1, 0.15) is 0 Å². The van der Waals surface area contributed by atoms with Crippen molar-refractivity contribution in [2.75, 3.05) is 6.26 Å². The number of nitrogens with zero attached hydrogens (tertiary/aromatic N) is 2. The number of sulfone groups is 1. The van der Waals surface area contributed by atoms with Gasteiger partial charge < -0.3 is 10.1 Å². The van der Waals surface area contributed by atoms with Gasteiger partial charge in [0.15, 0.2) is 15.5 Å². The van der Waals surface area contributed by atoms with Gasteiger partial charge >= 0.3 is 0 Å². The standard InChI is InChI=1S/C16H15N3O3S/c1-10-4-3-5-13-14(10)17-16(20)15(13)19-18-11-6-8-12(9-7-11)23(2,21)22/h3-9,17,20H,1-2H3. The van der Waals surface area contributed by atoms with Gasteiger partial charge in [0.25, 0.3) is 0 Å². The molecule has 1 heterocycles. The monoisotopic (exact) mass is 329 g/mol. The summed E-state index contributed by atoms with van der Waals surface area (Å²) in [5, 5.41) is 18.9. The summed E-state index contributed by atoms with van der Waals surface area (Å²) in [5.41, 5.74) is 2.66. The highest BCUT2D eigenvalue weighted by atomic mass is 32.2. The fraction of sp³-hybridized carbons (Fsp3) is 0.125. The number of rotatable bonds is 3. The second-order valence-electron chi connectivity index (χ2n) is 5.29. The van der Waals surface area contributed by atoms with E-state index < -0.39 is 9.84 Å². The predicted molar refractivity (Wildman–Crippen MR) is 88.4 cm³/mol. The molecule has 2 aromatic carbocycles. The van der Waals surface area contributed by atoms with Crippen molar-refractivity contribution in [3.05, 3.63) is 48.0 Å². The lowest BCUT2D eigenvalue weighted by molar-refractivity contribution is 0.459. The topological polar surface area (TPSA) is 94.9 Å². The summed E-state index contributed by atoms with van der Waals surface area (Å²) < 4.78 is 22.8. The Morgan fingerprint density at radius 3 is 2.39 bits per heavy atom. The Morgan fingerprint density at radius 2 is 1.74 bits per heavy atom. The van der Waals surface area contributed by atoms with Crippen molar-refractivity contribution in [1.29, 1.82) is 0 Å². The molecule has 7 heteroatoms. The van der Waals surface area contributed by atoms with E-state index in [2.05, 4.69) is 15.2 Å². The van der Waals surface area contributed by atoms with E-state index in [1.54, 1.807) is 12.1 Å². The molecule has 0 saturated heterocycles. The highest BCUT2D eigenvalue weighted by molar-refractivity contribution is 7.90. The van der Waals surface area contributed by atoms with E-state index in [0.29, 0.717) is 11.4 Å². The molecule has 3 rings (SSSR count). The van der Waals surface area contributed by atoms with E-state index in [-0.39, 0.29) is 10.8 Å². The van der Waals surface area contributed by atoms with E-state index in [4.69, 9.17) is 0 Å². The minimum atomic E-state index is -3.24.